The van der Waals surface area contributed by atoms with Gasteiger partial charge in [0.1, 0.15) is 11.8 Å². The van der Waals surface area contributed by atoms with Crippen LogP contribution in [0.25, 0.3) is 22.1 Å². The maximum Gasteiger partial charge on any atom is 0.404 e. The fourth-order valence-electron chi connectivity index (χ4n) is 4.45. The molecule has 4 aromatic rings. The fraction of sp³-hybridized carbons (Fsp3) is 0.318. The van der Waals surface area contributed by atoms with Crippen molar-refractivity contribution in [3.05, 3.63) is 47.6 Å². The van der Waals surface area contributed by atoms with Crippen LogP contribution < -0.4 is 15.5 Å². The van der Waals surface area contributed by atoms with Crippen LogP contribution in [0.4, 0.5) is 16.3 Å². The molecule has 1 fully saturated rings. The van der Waals surface area contributed by atoms with Gasteiger partial charge >= 0.3 is 6.09 Å². The monoisotopic (exact) mass is 466 g/mol. The second kappa shape index (κ2) is 8.70. The quantitative estimate of drug-likeness (QED) is 0.347. The third-order valence-electron chi connectivity index (χ3n) is 6.03. The van der Waals surface area contributed by atoms with Gasteiger partial charge in [-0.2, -0.15) is 0 Å². The first-order valence-corrected chi connectivity index (χ1v) is 11.1. The van der Waals surface area contributed by atoms with Crippen LogP contribution in [0.1, 0.15) is 31.4 Å². The van der Waals surface area contributed by atoms with Gasteiger partial charge in [0.05, 0.1) is 28.6 Å². The second-order valence-electron chi connectivity index (χ2n) is 8.10. The van der Waals surface area contributed by atoms with Gasteiger partial charge in [-0.15, -0.1) is 0 Å². The number of halogens is 1. The molecule has 11 heteroatoms. The molecular formula is C22H23ClN8O2. The van der Waals surface area contributed by atoms with E-state index in [4.69, 9.17) is 16.7 Å². The maximum atomic E-state index is 11.0. The first-order chi connectivity index (χ1) is 16.0. The highest BCUT2D eigenvalue weighted by Crippen LogP contribution is 2.39. The fourth-order valence-corrected chi connectivity index (χ4v) is 4.72. The van der Waals surface area contributed by atoms with Crippen molar-refractivity contribution in [2.45, 2.75) is 31.8 Å². The summed E-state index contributed by atoms with van der Waals surface area (Å²) in [6.07, 6.45) is 5.28. The zero-order chi connectivity index (χ0) is 22.9. The van der Waals surface area contributed by atoms with Crippen LogP contribution >= 0.6 is 11.6 Å². The molecule has 170 valence electrons. The number of pyridine rings is 1. The number of benzene rings is 1. The van der Waals surface area contributed by atoms with E-state index in [1.54, 1.807) is 12.5 Å². The summed E-state index contributed by atoms with van der Waals surface area (Å²) in [5, 5.41) is 16.6. The number of hydrogen-bond donors (Lipinski definition) is 4. The predicted molar refractivity (Wildman–Crippen MR) is 127 cm³/mol. The number of imidazole rings is 1. The number of aromatic amines is 1. The zero-order valence-electron chi connectivity index (χ0n) is 17.9. The van der Waals surface area contributed by atoms with Crippen LogP contribution in [-0.2, 0) is 0 Å². The van der Waals surface area contributed by atoms with Gasteiger partial charge in [-0.05, 0) is 38.0 Å². The molecule has 0 aliphatic carbocycles. The van der Waals surface area contributed by atoms with Crippen molar-refractivity contribution in [1.29, 1.82) is 0 Å². The Morgan fingerprint density at radius 2 is 2.09 bits per heavy atom. The molecule has 0 saturated carbocycles. The lowest BCUT2D eigenvalue weighted by molar-refractivity contribution is 0.187. The summed E-state index contributed by atoms with van der Waals surface area (Å²) in [6, 6.07) is 5.61. The number of nitrogens with zero attached hydrogens (tertiary/aromatic N) is 5. The van der Waals surface area contributed by atoms with Crippen LogP contribution in [0.5, 0.6) is 0 Å². The van der Waals surface area contributed by atoms with Crippen LogP contribution in [0.15, 0.2) is 37.1 Å². The van der Waals surface area contributed by atoms with Gasteiger partial charge < -0.3 is 25.6 Å². The minimum Gasteiger partial charge on any atom is -0.465 e. The number of H-pyrrole nitrogens is 1. The molecule has 10 nitrogen and oxygen atoms in total. The van der Waals surface area contributed by atoms with Crippen molar-refractivity contribution >= 4 is 51.3 Å². The minimum atomic E-state index is -0.986. The molecule has 5 rings (SSSR count). The smallest absolute Gasteiger partial charge is 0.404 e. The van der Waals surface area contributed by atoms with Gasteiger partial charge in [-0.25, -0.2) is 19.7 Å². The molecule has 3 aromatic heterocycles. The predicted octanol–water partition coefficient (Wildman–Crippen LogP) is 3.96. The molecule has 1 amide bonds. The largest absolute Gasteiger partial charge is 0.465 e. The SMILES string of the molecule is CC(Nc1ncnc2nc[nH]c12)c1cc(Cl)c2cccnc2c1N1CCC(NC(=O)O)CC1. The molecule has 1 atom stereocenters. The molecule has 4 N–H and O–H groups in total. The molecule has 1 saturated heterocycles. The minimum absolute atomic E-state index is 0.0565. The van der Waals surface area contributed by atoms with Crippen molar-refractivity contribution in [3.63, 3.8) is 0 Å². The first-order valence-electron chi connectivity index (χ1n) is 10.7. The molecule has 4 heterocycles. The number of anilines is 2. The van der Waals surface area contributed by atoms with E-state index in [1.165, 1.54) is 6.33 Å². The van der Waals surface area contributed by atoms with Crippen LogP contribution in [-0.4, -0.2) is 55.3 Å². The van der Waals surface area contributed by atoms with Crippen LogP contribution in [0.3, 0.4) is 0 Å². The van der Waals surface area contributed by atoms with Crippen LogP contribution in [0.2, 0.25) is 5.02 Å². The lowest BCUT2D eigenvalue weighted by Crippen LogP contribution is -2.44. The van der Waals surface area contributed by atoms with Gasteiger partial charge in [-0.1, -0.05) is 11.6 Å². The molecule has 0 spiro atoms. The Kier molecular flexibility index (Phi) is 5.59. The van der Waals surface area contributed by atoms with E-state index < -0.39 is 6.09 Å². The number of hydrogen-bond acceptors (Lipinski definition) is 7. The summed E-state index contributed by atoms with van der Waals surface area (Å²) in [6.45, 7) is 3.46. The van der Waals surface area contributed by atoms with Crippen molar-refractivity contribution in [2.75, 3.05) is 23.3 Å². The Morgan fingerprint density at radius 3 is 2.88 bits per heavy atom. The van der Waals surface area contributed by atoms with Gasteiger partial charge in [-0.3, -0.25) is 4.98 Å². The third kappa shape index (κ3) is 4.09. The molecule has 33 heavy (non-hydrogen) atoms. The van der Waals surface area contributed by atoms with Crippen molar-refractivity contribution in [3.8, 4) is 0 Å². The maximum absolute atomic E-state index is 11.0. The summed E-state index contributed by atoms with van der Waals surface area (Å²) in [5.41, 5.74) is 4.14. The molecule has 1 aliphatic heterocycles. The summed E-state index contributed by atoms with van der Waals surface area (Å²) >= 11 is 6.67. The van der Waals surface area contributed by atoms with E-state index in [0.29, 0.717) is 42.4 Å². The van der Waals surface area contributed by atoms with E-state index in [9.17, 15) is 4.79 Å². The highest BCUT2D eigenvalue weighted by molar-refractivity contribution is 6.36. The Bertz CT molecular complexity index is 1320. The zero-order valence-corrected chi connectivity index (χ0v) is 18.7. The van der Waals surface area contributed by atoms with Crippen molar-refractivity contribution in [2.24, 2.45) is 0 Å². The molecular weight excluding hydrogens is 444 g/mol. The summed E-state index contributed by atoms with van der Waals surface area (Å²) in [7, 11) is 0. The first kappa shape index (κ1) is 21.2. The summed E-state index contributed by atoms with van der Waals surface area (Å²) in [4.78, 5) is 33.8. The highest BCUT2D eigenvalue weighted by atomic mass is 35.5. The van der Waals surface area contributed by atoms with E-state index in [1.807, 2.05) is 25.1 Å². The molecule has 0 radical (unpaired) electrons. The molecule has 1 unspecified atom stereocenters. The topological polar surface area (TPSA) is 132 Å². The standard InChI is InChI=1S/C22H23ClN8O2/c1-12(29-21-18-20(26-10-25-18)27-11-28-21)15-9-16(23)14-3-2-6-24-17(14)19(15)31-7-4-13(5-8-31)30-22(32)33/h2-3,6,9-13,30H,4-5,7-8H2,1H3,(H,32,33)(H2,25,26,27,28,29). The number of carboxylic acid groups (broad SMARTS) is 1. The Labute approximate surface area is 194 Å². The van der Waals surface area contributed by atoms with E-state index in [0.717, 1.165) is 27.7 Å². The van der Waals surface area contributed by atoms with Crippen molar-refractivity contribution in [1.82, 2.24) is 30.2 Å². The third-order valence-corrected chi connectivity index (χ3v) is 6.34. The number of piperidine rings is 1. The van der Waals surface area contributed by atoms with Gasteiger partial charge in [0, 0.05) is 36.3 Å². The normalized spacial score (nSPS) is 15.6. The average molecular weight is 467 g/mol. The Balaban J connectivity index is 1.53. The number of fused-ring (bicyclic) bond motifs is 2. The Hall–Kier alpha value is -3.66. The number of aromatic nitrogens is 5. The second-order valence-corrected chi connectivity index (χ2v) is 8.50. The van der Waals surface area contributed by atoms with Gasteiger partial charge in [0.25, 0.3) is 0 Å². The number of amides is 1. The summed E-state index contributed by atoms with van der Waals surface area (Å²) in [5.74, 6) is 0.651. The van der Waals surface area contributed by atoms with Crippen LogP contribution in [0, 0.1) is 0 Å². The average Bonchev–Trinajstić information content (AvgIpc) is 3.29. The molecule has 1 aliphatic rings. The van der Waals surface area contributed by atoms with Gasteiger partial charge in [0.2, 0.25) is 0 Å². The number of rotatable bonds is 5. The number of carbonyl (C=O) groups is 1. The molecule has 0 bridgehead atoms. The molecule has 1 aromatic carbocycles. The number of nitrogens with one attached hydrogen (secondary N) is 3. The van der Waals surface area contributed by atoms with E-state index >= 15 is 0 Å². The summed E-state index contributed by atoms with van der Waals surface area (Å²) < 4.78 is 0. The lowest BCUT2D eigenvalue weighted by Gasteiger charge is -2.36. The van der Waals surface area contributed by atoms with Crippen molar-refractivity contribution < 1.29 is 9.90 Å². The van der Waals surface area contributed by atoms with Gasteiger partial charge in [0.15, 0.2) is 11.5 Å². The Morgan fingerprint density at radius 1 is 1.27 bits per heavy atom. The lowest BCUT2D eigenvalue weighted by atomic mass is 9.98. The highest BCUT2D eigenvalue weighted by Gasteiger charge is 2.27. The van der Waals surface area contributed by atoms with E-state index in [-0.39, 0.29) is 12.1 Å². The van der Waals surface area contributed by atoms with E-state index in [2.05, 4.69) is 40.5 Å².